The Kier molecular flexibility index (Phi) is 8.07. The molecule has 2 aromatic carbocycles. The monoisotopic (exact) mass is 465 g/mol. The molecule has 1 atom stereocenters. The Morgan fingerprint density at radius 1 is 1.00 bits per heavy atom. The molecule has 1 amide bonds. The summed E-state index contributed by atoms with van der Waals surface area (Å²) in [4.78, 5) is 38.8. The van der Waals surface area contributed by atoms with E-state index in [1.54, 1.807) is 32.9 Å². The van der Waals surface area contributed by atoms with Crippen molar-refractivity contribution in [1.29, 1.82) is 0 Å². The number of aromatic nitrogens is 4. The minimum atomic E-state index is -1.19. The van der Waals surface area contributed by atoms with E-state index in [9.17, 15) is 14.4 Å². The van der Waals surface area contributed by atoms with Gasteiger partial charge in [0.05, 0.1) is 6.42 Å². The Balaban J connectivity index is 1.66. The third kappa shape index (κ3) is 7.80. The first-order valence-corrected chi connectivity index (χ1v) is 10.7. The normalized spacial score (nSPS) is 12.0. The van der Waals surface area contributed by atoms with E-state index in [2.05, 4.69) is 20.7 Å². The van der Waals surface area contributed by atoms with Gasteiger partial charge < -0.3 is 14.8 Å². The second kappa shape index (κ2) is 11.2. The maximum Gasteiger partial charge on any atom is 0.408 e. The Hall–Kier alpha value is -4.08. The first-order valence-electron chi connectivity index (χ1n) is 10.7. The van der Waals surface area contributed by atoms with Gasteiger partial charge in [0.1, 0.15) is 24.8 Å². The van der Waals surface area contributed by atoms with Crippen molar-refractivity contribution in [2.75, 3.05) is 0 Å². The topological polar surface area (TPSA) is 125 Å². The van der Waals surface area contributed by atoms with Crippen LogP contribution in [0.4, 0.5) is 4.79 Å². The first-order chi connectivity index (χ1) is 16.2. The van der Waals surface area contributed by atoms with E-state index >= 15 is 0 Å². The molecule has 0 aliphatic rings. The number of carbonyl (C=O) groups excluding carboxylic acids is 3. The number of hydrogen-bond acceptors (Lipinski definition) is 8. The average Bonchev–Trinajstić information content (AvgIpc) is 3.26. The summed E-state index contributed by atoms with van der Waals surface area (Å²) in [5, 5.41) is 14.5. The van der Waals surface area contributed by atoms with Gasteiger partial charge in [-0.15, -0.1) is 10.2 Å². The van der Waals surface area contributed by atoms with Crippen LogP contribution in [0.25, 0.3) is 11.4 Å². The van der Waals surface area contributed by atoms with Gasteiger partial charge in [0.15, 0.2) is 5.78 Å². The molecular formula is C24H27N5O5. The molecule has 0 radical (unpaired) electrons. The predicted molar refractivity (Wildman–Crippen MR) is 122 cm³/mol. The molecule has 1 N–H and O–H groups in total. The zero-order chi connectivity index (χ0) is 24.6. The lowest BCUT2D eigenvalue weighted by atomic mass is 10.1. The molecule has 1 heterocycles. The number of Topliss-reactive ketones (excluding diaryl/α,β-unsaturated/α-hetero) is 1. The van der Waals surface area contributed by atoms with Gasteiger partial charge in [-0.2, -0.15) is 4.80 Å². The molecule has 1 aromatic heterocycles. The summed E-state index contributed by atoms with van der Waals surface area (Å²) >= 11 is 0. The van der Waals surface area contributed by atoms with E-state index in [1.807, 2.05) is 48.5 Å². The number of esters is 1. The maximum atomic E-state index is 13.0. The van der Waals surface area contributed by atoms with Crippen LogP contribution in [0.2, 0.25) is 0 Å². The van der Waals surface area contributed by atoms with Crippen LogP contribution in [0, 0.1) is 0 Å². The summed E-state index contributed by atoms with van der Waals surface area (Å²) < 4.78 is 10.5. The van der Waals surface area contributed by atoms with Crippen molar-refractivity contribution >= 4 is 17.8 Å². The fourth-order valence-electron chi connectivity index (χ4n) is 2.96. The molecular weight excluding hydrogens is 438 g/mol. The zero-order valence-electron chi connectivity index (χ0n) is 19.3. The summed E-state index contributed by atoms with van der Waals surface area (Å²) in [5.41, 5.74) is 0.790. The quantitative estimate of drug-likeness (QED) is 0.478. The van der Waals surface area contributed by atoms with Crippen LogP contribution in [0.5, 0.6) is 0 Å². The van der Waals surface area contributed by atoms with Crippen LogP contribution >= 0.6 is 0 Å². The van der Waals surface area contributed by atoms with Crippen molar-refractivity contribution in [3.63, 3.8) is 0 Å². The number of benzene rings is 2. The Labute approximate surface area is 197 Å². The lowest BCUT2D eigenvalue weighted by molar-refractivity contribution is -0.156. The van der Waals surface area contributed by atoms with Crippen LogP contribution in [0.15, 0.2) is 60.7 Å². The Morgan fingerprint density at radius 3 is 2.29 bits per heavy atom. The number of tetrazole rings is 1. The van der Waals surface area contributed by atoms with Crippen molar-refractivity contribution in [2.45, 2.75) is 52.0 Å². The summed E-state index contributed by atoms with van der Waals surface area (Å²) in [6.07, 6.45) is -1.20. The van der Waals surface area contributed by atoms with Crippen LogP contribution in [-0.4, -0.2) is 49.7 Å². The SMILES string of the molecule is CC(C)(C)OC(=O)CC(NC(=O)OCc1ccccc1)C(=O)Cn1nnc(-c2ccccc2)n1. The highest BCUT2D eigenvalue weighted by molar-refractivity contribution is 5.90. The number of ether oxygens (including phenoxy) is 2. The number of alkyl carbamates (subject to hydrolysis) is 1. The lowest BCUT2D eigenvalue weighted by Crippen LogP contribution is -2.45. The molecule has 10 heteroatoms. The third-order valence-corrected chi connectivity index (χ3v) is 4.47. The fourth-order valence-corrected chi connectivity index (χ4v) is 2.96. The molecule has 34 heavy (non-hydrogen) atoms. The van der Waals surface area contributed by atoms with Gasteiger partial charge in [0.2, 0.25) is 5.82 Å². The van der Waals surface area contributed by atoms with E-state index in [0.29, 0.717) is 5.82 Å². The molecule has 0 bridgehead atoms. The van der Waals surface area contributed by atoms with Crippen molar-refractivity contribution < 1.29 is 23.9 Å². The largest absolute Gasteiger partial charge is 0.460 e. The summed E-state index contributed by atoms with van der Waals surface area (Å²) in [5.74, 6) is -0.780. The molecule has 3 aromatic rings. The Bertz CT molecular complexity index is 1110. The lowest BCUT2D eigenvalue weighted by Gasteiger charge is -2.22. The van der Waals surface area contributed by atoms with Crippen molar-refractivity contribution in [3.8, 4) is 11.4 Å². The van der Waals surface area contributed by atoms with E-state index in [1.165, 1.54) is 0 Å². The molecule has 0 saturated heterocycles. The maximum absolute atomic E-state index is 13.0. The van der Waals surface area contributed by atoms with Crippen LogP contribution in [0.1, 0.15) is 32.8 Å². The summed E-state index contributed by atoms with van der Waals surface area (Å²) in [6, 6.07) is 17.1. The standard InChI is InChI=1S/C24H27N5O5/c1-24(2,3)34-21(31)14-19(25-23(32)33-16-17-10-6-4-7-11-17)20(30)15-29-27-22(26-28-29)18-12-8-5-9-13-18/h4-13,19H,14-16H2,1-3H3,(H,25,32). The van der Waals surface area contributed by atoms with Crippen LogP contribution in [0.3, 0.4) is 0 Å². The van der Waals surface area contributed by atoms with Gasteiger partial charge >= 0.3 is 12.1 Å². The van der Waals surface area contributed by atoms with E-state index in [4.69, 9.17) is 9.47 Å². The molecule has 0 fully saturated rings. The van der Waals surface area contributed by atoms with Gasteiger partial charge in [-0.05, 0) is 31.5 Å². The molecule has 178 valence electrons. The van der Waals surface area contributed by atoms with Gasteiger partial charge in [0.25, 0.3) is 0 Å². The minimum Gasteiger partial charge on any atom is -0.460 e. The number of carbonyl (C=O) groups is 3. The zero-order valence-corrected chi connectivity index (χ0v) is 19.3. The molecule has 10 nitrogen and oxygen atoms in total. The average molecular weight is 466 g/mol. The highest BCUT2D eigenvalue weighted by Crippen LogP contribution is 2.13. The van der Waals surface area contributed by atoms with Crippen LogP contribution in [-0.2, 0) is 32.2 Å². The molecule has 0 aliphatic carbocycles. The number of amides is 1. The number of nitrogens with zero attached hydrogens (tertiary/aromatic N) is 4. The molecule has 0 aliphatic heterocycles. The van der Waals surface area contributed by atoms with E-state index in [-0.39, 0.29) is 19.6 Å². The summed E-state index contributed by atoms with van der Waals surface area (Å²) in [6.45, 7) is 4.87. The second-order valence-corrected chi connectivity index (χ2v) is 8.53. The van der Waals surface area contributed by atoms with Crippen molar-refractivity contribution in [1.82, 2.24) is 25.5 Å². The Morgan fingerprint density at radius 2 is 1.65 bits per heavy atom. The smallest absolute Gasteiger partial charge is 0.408 e. The van der Waals surface area contributed by atoms with E-state index in [0.717, 1.165) is 15.9 Å². The molecule has 0 spiro atoms. The second-order valence-electron chi connectivity index (χ2n) is 8.53. The molecule has 1 unspecified atom stereocenters. The molecule has 0 saturated carbocycles. The fraction of sp³-hybridized carbons (Fsp3) is 0.333. The van der Waals surface area contributed by atoms with Gasteiger partial charge in [-0.25, -0.2) is 4.79 Å². The number of rotatable bonds is 9. The van der Waals surface area contributed by atoms with Gasteiger partial charge in [-0.1, -0.05) is 60.7 Å². The number of ketones is 1. The number of nitrogens with one attached hydrogen (secondary N) is 1. The minimum absolute atomic E-state index is 0.0189. The molecule has 3 rings (SSSR count). The van der Waals surface area contributed by atoms with Crippen LogP contribution < -0.4 is 5.32 Å². The first kappa shape index (κ1) is 24.6. The number of hydrogen-bond donors (Lipinski definition) is 1. The highest BCUT2D eigenvalue weighted by Gasteiger charge is 2.28. The van der Waals surface area contributed by atoms with Gasteiger partial charge in [0, 0.05) is 5.56 Å². The van der Waals surface area contributed by atoms with Crippen molar-refractivity contribution in [3.05, 3.63) is 66.2 Å². The summed E-state index contributed by atoms with van der Waals surface area (Å²) in [7, 11) is 0. The van der Waals surface area contributed by atoms with E-state index < -0.39 is 29.5 Å². The van der Waals surface area contributed by atoms with Gasteiger partial charge in [-0.3, -0.25) is 9.59 Å². The third-order valence-electron chi connectivity index (χ3n) is 4.47. The predicted octanol–water partition coefficient (Wildman–Crippen LogP) is 2.94. The van der Waals surface area contributed by atoms with Crippen molar-refractivity contribution in [2.24, 2.45) is 0 Å². The highest BCUT2D eigenvalue weighted by atomic mass is 16.6.